The zero-order valence-electron chi connectivity index (χ0n) is 15.6. The molecule has 2 rings (SSSR count). The molecule has 0 bridgehead atoms. The fourth-order valence-corrected chi connectivity index (χ4v) is 3.08. The minimum atomic E-state index is -0.820. The van der Waals surface area contributed by atoms with Crippen LogP contribution in [0.2, 0.25) is 0 Å². The molecule has 0 radical (unpaired) electrons. The third-order valence-corrected chi connectivity index (χ3v) is 4.84. The predicted octanol–water partition coefficient (Wildman–Crippen LogP) is 2.92. The van der Waals surface area contributed by atoms with E-state index in [1.54, 1.807) is 31.4 Å². The number of hydrogen-bond donors (Lipinski definition) is 2. The lowest BCUT2D eigenvalue weighted by Gasteiger charge is -2.21. The van der Waals surface area contributed by atoms with Crippen molar-refractivity contribution >= 4 is 29.1 Å². The van der Waals surface area contributed by atoms with Crippen molar-refractivity contribution in [3.63, 3.8) is 0 Å². The molecular weight excluding hydrogens is 364 g/mol. The molecule has 0 aliphatic heterocycles. The van der Waals surface area contributed by atoms with Crippen molar-refractivity contribution in [2.24, 2.45) is 5.92 Å². The zero-order valence-corrected chi connectivity index (χ0v) is 16.4. The molecule has 2 amide bonds. The molecule has 0 unspecified atom stereocenters. The van der Waals surface area contributed by atoms with Crippen LogP contribution in [-0.4, -0.2) is 30.4 Å². The summed E-state index contributed by atoms with van der Waals surface area (Å²) in [5, 5.41) is 7.24. The van der Waals surface area contributed by atoms with Gasteiger partial charge >= 0.3 is 5.97 Å². The quantitative estimate of drug-likeness (QED) is 0.681. The Labute approximate surface area is 162 Å². The Morgan fingerprint density at radius 3 is 2.30 bits per heavy atom. The van der Waals surface area contributed by atoms with Gasteiger partial charge in [0.05, 0.1) is 10.9 Å². The van der Waals surface area contributed by atoms with Crippen LogP contribution in [0.15, 0.2) is 47.8 Å². The zero-order chi connectivity index (χ0) is 19.8. The Morgan fingerprint density at radius 2 is 1.70 bits per heavy atom. The summed E-state index contributed by atoms with van der Waals surface area (Å²) in [6.07, 6.45) is 0. The lowest BCUT2D eigenvalue weighted by atomic mass is 10.0. The van der Waals surface area contributed by atoms with E-state index < -0.39 is 24.5 Å². The monoisotopic (exact) mass is 388 g/mol. The van der Waals surface area contributed by atoms with Crippen LogP contribution >= 0.6 is 11.3 Å². The van der Waals surface area contributed by atoms with E-state index in [0.29, 0.717) is 4.88 Å². The first-order valence-electron chi connectivity index (χ1n) is 8.73. The maximum atomic E-state index is 12.3. The molecule has 1 aromatic carbocycles. The van der Waals surface area contributed by atoms with Gasteiger partial charge < -0.3 is 15.4 Å². The van der Waals surface area contributed by atoms with E-state index in [2.05, 4.69) is 10.6 Å². The van der Waals surface area contributed by atoms with Gasteiger partial charge in [0.1, 0.15) is 6.04 Å². The Balaban J connectivity index is 1.86. The van der Waals surface area contributed by atoms with Crippen LogP contribution in [0.5, 0.6) is 0 Å². The highest BCUT2D eigenvalue weighted by molar-refractivity contribution is 7.12. The predicted molar refractivity (Wildman–Crippen MR) is 104 cm³/mol. The molecule has 2 N–H and O–H groups in total. The number of nitrogens with one attached hydrogen (secondary N) is 2. The maximum Gasteiger partial charge on any atom is 0.329 e. The first kappa shape index (κ1) is 20.6. The summed E-state index contributed by atoms with van der Waals surface area (Å²) >= 11 is 1.29. The summed E-state index contributed by atoms with van der Waals surface area (Å²) in [7, 11) is 0. The third kappa shape index (κ3) is 6.21. The first-order chi connectivity index (χ1) is 12.9. The average Bonchev–Trinajstić information content (AvgIpc) is 3.19. The first-order valence-corrected chi connectivity index (χ1v) is 9.61. The van der Waals surface area contributed by atoms with Gasteiger partial charge in [-0.15, -0.1) is 11.3 Å². The highest BCUT2D eigenvalue weighted by atomic mass is 32.1. The summed E-state index contributed by atoms with van der Waals surface area (Å²) < 4.78 is 5.12. The van der Waals surface area contributed by atoms with Crippen LogP contribution < -0.4 is 10.6 Å². The number of hydrogen-bond acceptors (Lipinski definition) is 5. The molecule has 144 valence electrons. The van der Waals surface area contributed by atoms with Crippen molar-refractivity contribution in [1.82, 2.24) is 10.6 Å². The molecule has 2 atom stereocenters. The molecule has 6 nitrogen and oxygen atoms in total. The van der Waals surface area contributed by atoms with Gasteiger partial charge in [-0.25, -0.2) is 4.79 Å². The number of rotatable bonds is 8. The number of benzene rings is 1. The Bertz CT molecular complexity index is 760. The Kier molecular flexibility index (Phi) is 7.55. The number of amides is 2. The normalized spacial score (nSPS) is 12.9. The highest BCUT2D eigenvalue weighted by Crippen LogP contribution is 2.12. The minimum Gasteiger partial charge on any atom is -0.454 e. The van der Waals surface area contributed by atoms with Gasteiger partial charge in [0.2, 0.25) is 0 Å². The highest BCUT2D eigenvalue weighted by Gasteiger charge is 2.27. The fraction of sp³-hybridized carbons (Fsp3) is 0.350. The summed E-state index contributed by atoms with van der Waals surface area (Å²) in [5.74, 6) is -1.53. The second kappa shape index (κ2) is 9.87. The number of esters is 1. The van der Waals surface area contributed by atoms with Crippen molar-refractivity contribution < 1.29 is 19.1 Å². The van der Waals surface area contributed by atoms with Gasteiger partial charge in [-0.3, -0.25) is 9.59 Å². The average molecular weight is 388 g/mol. The van der Waals surface area contributed by atoms with E-state index in [9.17, 15) is 14.4 Å². The van der Waals surface area contributed by atoms with Gasteiger partial charge in [0, 0.05) is 0 Å². The molecule has 1 aromatic heterocycles. The molecular formula is C20H24N2O4S. The Morgan fingerprint density at radius 1 is 1.00 bits per heavy atom. The van der Waals surface area contributed by atoms with E-state index in [-0.39, 0.29) is 17.9 Å². The summed E-state index contributed by atoms with van der Waals surface area (Å²) in [4.78, 5) is 37.1. The van der Waals surface area contributed by atoms with Crippen molar-refractivity contribution in [2.75, 3.05) is 6.61 Å². The fourth-order valence-electron chi connectivity index (χ4n) is 2.45. The van der Waals surface area contributed by atoms with Gasteiger partial charge in [0.15, 0.2) is 6.61 Å². The van der Waals surface area contributed by atoms with Crippen molar-refractivity contribution in [1.29, 1.82) is 0 Å². The molecule has 0 saturated heterocycles. The summed E-state index contributed by atoms with van der Waals surface area (Å²) in [5.41, 5.74) is 0.959. The van der Waals surface area contributed by atoms with E-state index in [1.165, 1.54) is 11.3 Å². The smallest absolute Gasteiger partial charge is 0.329 e. The summed E-state index contributed by atoms with van der Waals surface area (Å²) in [6.45, 7) is 5.07. The van der Waals surface area contributed by atoms with Crippen LogP contribution in [0.25, 0.3) is 0 Å². The number of ether oxygens (including phenoxy) is 1. The molecule has 7 heteroatoms. The van der Waals surface area contributed by atoms with Crippen LogP contribution in [0.1, 0.15) is 42.0 Å². The van der Waals surface area contributed by atoms with E-state index in [1.807, 2.05) is 37.3 Å². The molecule has 27 heavy (non-hydrogen) atoms. The van der Waals surface area contributed by atoms with Gasteiger partial charge in [-0.05, 0) is 29.9 Å². The van der Waals surface area contributed by atoms with Crippen molar-refractivity contribution in [2.45, 2.75) is 32.9 Å². The van der Waals surface area contributed by atoms with Crippen molar-refractivity contribution in [3.8, 4) is 0 Å². The van der Waals surface area contributed by atoms with Crippen LogP contribution in [0.3, 0.4) is 0 Å². The number of carbonyl (C=O) groups is 3. The van der Waals surface area contributed by atoms with Gasteiger partial charge in [-0.2, -0.15) is 0 Å². The van der Waals surface area contributed by atoms with Crippen molar-refractivity contribution in [3.05, 3.63) is 58.3 Å². The number of thiophene rings is 1. The molecule has 0 aliphatic carbocycles. The third-order valence-electron chi connectivity index (χ3n) is 3.97. The molecule has 0 spiro atoms. The second-order valence-corrected chi connectivity index (χ2v) is 7.43. The minimum absolute atomic E-state index is 0.173. The number of carbonyl (C=O) groups excluding carboxylic acids is 3. The lowest BCUT2D eigenvalue weighted by molar-refractivity contribution is -0.151. The van der Waals surface area contributed by atoms with Crippen LogP contribution in [-0.2, 0) is 14.3 Å². The van der Waals surface area contributed by atoms with E-state index in [4.69, 9.17) is 4.74 Å². The lowest BCUT2D eigenvalue weighted by Crippen LogP contribution is -2.46. The molecule has 0 saturated carbocycles. The summed E-state index contributed by atoms with van der Waals surface area (Å²) in [6, 6.07) is 11.9. The van der Waals surface area contributed by atoms with Crippen LogP contribution in [0.4, 0.5) is 0 Å². The van der Waals surface area contributed by atoms with Gasteiger partial charge in [0.25, 0.3) is 11.8 Å². The van der Waals surface area contributed by atoms with E-state index >= 15 is 0 Å². The standard InChI is InChI=1S/C20H24N2O4S/c1-13(2)18(22-19(24)16-10-7-11-27-16)20(25)26-12-17(23)21-14(3)15-8-5-4-6-9-15/h4-11,13-14,18H,12H2,1-3H3,(H,21,23)(H,22,24)/t14-,18-/m0/s1. The second-order valence-electron chi connectivity index (χ2n) is 6.48. The molecule has 1 heterocycles. The molecule has 0 aliphatic rings. The van der Waals surface area contributed by atoms with Crippen LogP contribution in [0, 0.1) is 5.92 Å². The maximum absolute atomic E-state index is 12.3. The topological polar surface area (TPSA) is 84.5 Å². The van der Waals surface area contributed by atoms with Gasteiger partial charge in [-0.1, -0.05) is 50.2 Å². The Hall–Kier alpha value is -2.67. The SMILES string of the molecule is CC(C)[C@H](NC(=O)c1cccs1)C(=O)OCC(=O)N[C@@H](C)c1ccccc1. The molecule has 2 aromatic rings. The largest absolute Gasteiger partial charge is 0.454 e. The van der Waals surface area contributed by atoms with E-state index in [0.717, 1.165) is 5.56 Å². The molecule has 0 fully saturated rings.